The van der Waals surface area contributed by atoms with Gasteiger partial charge in [-0.15, -0.1) is 11.6 Å². The number of ether oxygens (including phenoxy) is 1. The summed E-state index contributed by atoms with van der Waals surface area (Å²) in [6.45, 7) is 7.69. The highest BCUT2D eigenvalue weighted by Gasteiger charge is 2.36. The van der Waals surface area contributed by atoms with Crippen molar-refractivity contribution in [2.24, 2.45) is 5.92 Å². The van der Waals surface area contributed by atoms with Gasteiger partial charge in [-0.3, -0.25) is 0 Å². The van der Waals surface area contributed by atoms with Crippen LogP contribution in [0.15, 0.2) is 0 Å². The molecule has 19 heavy (non-hydrogen) atoms. The standard InChI is InChI=1S/C17H33ClO/c1-4-5-6-7-8-9-10-11-12-15(2)17(3,18)13-16-14-19-16/h15-16H,4-14H2,1-3H3. The number of halogens is 1. The SMILES string of the molecule is CCCCCCCCCCC(C)C(C)(Cl)CC1CO1. The Morgan fingerprint density at radius 3 is 2.16 bits per heavy atom. The Balaban J connectivity index is 1.95. The van der Waals surface area contributed by atoms with Crippen LogP contribution >= 0.6 is 11.6 Å². The minimum atomic E-state index is -0.0672. The van der Waals surface area contributed by atoms with Gasteiger partial charge in [0.15, 0.2) is 0 Å². The number of epoxide rings is 1. The first-order valence-corrected chi connectivity index (χ1v) is 8.74. The highest BCUT2D eigenvalue weighted by atomic mass is 35.5. The van der Waals surface area contributed by atoms with E-state index in [9.17, 15) is 0 Å². The van der Waals surface area contributed by atoms with Crippen molar-refractivity contribution in [3.05, 3.63) is 0 Å². The molecule has 1 fully saturated rings. The maximum atomic E-state index is 6.64. The number of hydrogen-bond acceptors (Lipinski definition) is 1. The van der Waals surface area contributed by atoms with Gasteiger partial charge in [-0.05, 0) is 25.7 Å². The molecule has 2 heteroatoms. The molecule has 0 radical (unpaired) electrons. The fraction of sp³-hybridized carbons (Fsp3) is 1.00. The Morgan fingerprint density at radius 1 is 1.11 bits per heavy atom. The first-order chi connectivity index (χ1) is 9.06. The Hall–Kier alpha value is 0.250. The van der Waals surface area contributed by atoms with Gasteiger partial charge in [0.1, 0.15) is 0 Å². The summed E-state index contributed by atoms with van der Waals surface area (Å²) in [5.41, 5.74) is 0. The van der Waals surface area contributed by atoms with Gasteiger partial charge < -0.3 is 4.74 Å². The van der Waals surface area contributed by atoms with Crippen LogP contribution in [0.1, 0.15) is 85.0 Å². The zero-order valence-corrected chi connectivity index (χ0v) is 14.0. The van der Waals surface area contributed by atoms with Crippen molar-refractivity contribution in [2.75, 3.05) is 6.61 Å². The molecule has 0 bridgehead atoms. The largest absolute Gasteiger partial charge is 0.373 e. The second-order valence-corrected chi connectivity index (χ2v) is 7.47. The third kappa shape index (κ3) is 8.19. The van der Waals surface area contributed by atoms with Crippen LogP contribution in [0.5, 0.6) is 0 Å². The van der Waals surface area contributed by atoms with Crippen molar-refractivity contribution in [2.45, 2.75) is 96.0 Å². The number of hydrogen-bond donors (Lipinski definition) is 0. The average Bonchev–Trinajstić information content (AvgIpc) is 3.15. The summed E-state index contributed by atoms with van der Waals surface area (Å²) in [6.07, 6.45) is 13.9. The molecule has 0 aromatic carbocycles. The minimum absolute atomic E-state index is 0.0672. The molecule has 1 aliphatic rings. The van der Waals surface area contributed by atoms with Crippen LogP contribution in [0.2, 0.25) is 0 Å². The van der Waals surface area contributed by atoms with Crippen LogP contribution in [0, 0.1) is 5.92 Å². The van der Waals surface area contributed by atoms with E-state index in [-0.39, 0.29) is 4.87 Å². The molecule has 0 aliphatic carbocycles. The van der Waals surface area contributed by atoms with Gasteiger partial charge in [-0.1, -0.05) is 65.2 Å². The quantitative estimate of drug-likeness (QED) is 0.246. The Kier molecular flexibility index (Phi) is 8.41. The molecule has 1 rings (SSSR count). The van der Waals surface area contributed by atoms with Crippen LogP contribution in [0.25, 0.3) is 0 Å². The molecular weight excluding hydrogens is 256 g/mol. The highest BCUT2D eigenvalue weighted by molar-refractivity contribution is 6.23. The van der Waals surface area contributed by atoms with E-state index in [4.69, 9.17) is 16.3 Å². The van der Waals surface area contributed by atoms with Gasteiger partial charge in [0.2, 0.25) is 0 Å². The lowest BCUT2D eigenvalue weighted by Crippen LogP contribution is -2.28. The van der Waals surface area contributed by atoms with Crippen molar-refractivity contribution in [1.29, 1.82) is 0 Å². The van der Waals surface area contributed by atoms with Gasteiger partial charge in [0.25, 0.3) is 0 Å². The van der Waals surface area contributed by atoms with E-state index < -0.39 is 0 Å². The van der Waals surface area contributed by atoms with Crippen LogP contribution in [-0.4, -0.2) is 17.6 Å². The molecule has 0 N–H and O–H groups in total. The van der Waals surface area contributed by atoms with Crippen molar-refractivity contribution in [3.63, 3.8) is 0 Å². The highest BCUT2D eigenvalue weighted by Crippen LogP contribution is 2.36. The fourth-order valence-electron chi connectivity index (χ4n) is 2.72. The summed E-state index contributed by atoms with van der Waals surface area (Å²) in [6, 6.07) is 0. The maximum Gasteiger partial charge on any atom is 0.0826 e. The van der Waals surface area contributed by atoms with E-state index in [1.807, 2.05) is 0 Å². The summed E-state index contributed by atoms with van der Waals surface area (Å²) >= 11 is 6.64. The molecule has 1 saturated heterocycles. The Morgan fingerprint density at radius 2 is 1.63 bits per heavy atom. The first-order valence-electron chi connectivity index (χ1n) is 8.36. The summed E-state index contributed by atoms with van der Waals surface area (Å²) < 4.78 is 5.30. The van der Waals surface area contributed by atoms with Crippen LogP contribution in [0.4, 0.5) is 0 Å². The average molecular weight is 289 g/mol. The van der Waals surface area contributed by atoms with Crippen molar-refractivity contribution < 1.29 is 4.74 Å². The van der Waals surface area contributed by atoms with E-state index in [1.54, 1.807) is 0 Å². The molecular formula is C17H33ClO. The normalized spacial score (nSPS) is 23.1. The summed E-state index contributed by atoms with van der Waals surface area (Å²) in [4.78, 5) is -0.0672. The predicted molar refractivity (Wildman–Crippen MR) is 85.0 cm³/mol. The predicted octanol–water partition coefficient (Wildman–Crippen LogP) is 5.94. The third-order valence-corrected chi connectivity index (χ3v) is 5.07. The third-order valence-electron chi connectivity index (χ3n) is 4.55. The molecule has 114 valence electrons. The van der Waals surface area contributed by atoms with E-state index in [0.717, 1.165) is 13.0 Å². The number of alkyl halides is 1. The molecule has 0 amide bonds. The molecule has 3 atom stereocenters. The van der Waals surface area contributed by atoms with Crippen LogP contribution in [0.3, 0.4) is 0 Å². The topological polar surface area (TPSA) is 12.5 Å². The zero-order chi connectivity index (χ0) is 14.1. The van der Waals surface area contributed by atoms with Gasteiger partial charge in [0, 0.05) is 4.87 Å². The zero-order valence-electron chi connectivity index (χ0n) is 13.2. The Bertz CT molecular complexity index is 223. The molecule has 0 aromatic rings. The van der Waals surface area contributed by atoms with Gasteiger partial charge in [-0.25, -0.2) is 0 Å². The van der Waals surface area contributed by atoms with E-state index in [1.165, 1.54) is 57.8 Å². The van der Waals surface area contributed by atoms with E-state index >= 15 is 0 Å². The van der Waals surface area contributed by atoms with Crippen molar-refractivity contribution in [1.82, 2.24) is 0 Å². The molecule has 0 saturated carbocycles. The van der Waals surface area contributed by atoms with Crippen molar-refractivity contribution in [3.8, 4) is 0 Å². The molecule has 1 aliphatic heterocycles. The van der Waals surface area contributed by atoms with Crippen LogP contribution in [-0.2, 0) is 4.74 Å². The van der Waals surface area contributed by atoms with E-state index in [0.29, 0.717) is 12.0 Å². The lowest BCUT2D eigenvalue weighted by Gasteiger charge is -2.29. The fourth-order valence-corrected chi connectivity index (χ4v) is 3.00. The summed E-state index contributed by atoms with van der Waals surface area (Å²) in [5.74, 6) is 0.596. The minimum Gasteiger partial charge on any atom is -0.373 e. The lowest BCUT2D eigenvalue weighted by atomic mass is 9.86. The van der Waals surface area contributed by atoms with Gasteiger partial charge >= 0.3 is 0 Å². The maximum absolute atomic E-state index is 6.64. The lowest BCUT2D eigenvalue weighted by molar-refractivity contribution is 0.312. The molecule has 0 spiro atoms. The number of unbranched alkanes of at least 4 members (excludes halogenated alkanes) is 7. The van der Waals surface area contributed by atoms with Crippen molar-refractivity contribution >= 4 is 11.6 Å². The Labute approximate surface area is 125 Å². The monoisotopic (exact) mass is 288 g/mol. The summed E-state index contributed by atoms with van der Waals surface area (Å²) in [7, 11) is 0. The second kappa shape index (κ2) is 9.23. The molecule has 0 aromatic heterocycles. The molecule has 1 nitrogen and oxygen atoms in total. The molecule has 1 heterocycles. The number of rotatable bonds is 12. The molecule has 3 unspecified atom stereocenters. The summed E-state index contributed by atoms with van der Waals surface area (Å²) in [5, 5.41) is 0. The van der Waals surface area contributed by atoms with Gasteiger partial charge in [0.05, 0.1) is 12.7 Å². The smallest absolute Gasteiger partial charge is 0.0826 e. The second-order valence-electron chi connectivity index (χ2n) is 6.60. The van der Waals surface area contributed by atoms with Crippen LogP contribution < -0.4 is 0 Å². The van der Waals surface area contributed by atoms with E-state index in [2.05, 4.69) is 20.8 Å². The first kappa shape index (κ1) is 17.3. The van der Waals surface area contributed by atoms with Gasteiger partial charge in [-0.2, -0.15) is 0 Å².